The molecule has 4 heteroatoms. The Labute approximate surface area is 92.5 Å². The van der Waals surface area contributed by atoms with E-state index in [1.807, 2.05) is 12.1 Å². The van der Waals surface area contributed by atoms with E-state index >= 15 is 0 Å². The van der Waals surface area contributed by atoms with Crippen molar-refractivity contribution in [2.24, 2.45) is 0 Å². The molecule has 0 bridgehead atoms. The van der Waals surface area contributed by atoms with E-state index in [1.54, 1.807) is 0 Å². The number of ether oxygens (including phenoxy) is 2. The first-order valence-electron chi connectivity index (χ1n) is 3.52. The van der Waals surface area contributed by atoms with Crippen LogP contribution in [0.25, 0.3) is 0 Å². The van der Waals surface area contributed by atoms with Gasteiger partial charge in [-0.15, -0.1) is 0 Å². The molecule has 0 atom stereocenters. The molecule has 1 aromatic rings. The van der Waals surface area contributed by atoms with Gasteiger partial charge in [-0.25, -0.2) is 0 Å². The summed E-state index contributed by atoms with van der Waals surface area (Å²) in [4.78, 5) is 0. The van der Waals surface area contributed by atoms with Gasteiger partial charge in [0.2, 0.25) is 0 Å². The second-order valence-electron chi connectivity index (χ2n) is 2.39. The molecule has 0 saturated heterocycles. The maximum absolute atomic E-state index is 5.47. The van der Waals surface area contributed by atoms with Crippen molar-refractivity contribution < 1.29 is 9.47 Å². The molecule has 0 N–H and O–H groups in total. The van der Waals surface area contributed by atoms with Crippen molar-refractivity contribution in [2.75, 3.05) is 13.2 Å². The summed E-state index contributed by atoms with van der Waals surface area (Å²) in [6.07, 6.45) is 0. The van der Waals surface area contributed by atoms with Crippen LogP contribution in [-0.4, -0.2) is 13.2 Å². The third kappa shape index (κ3) is 1.42. The standard InChI is InChI=1S/C8H6BrIO2/c9-5-1-2-6-8(7(5)10)12-4-3-11-6/h1-2H,3-4H2. The predicted molar refractivity (Wildman–Crippen MR) is 57.8 cm³/mol. The highest BCUT2D eigenvalue weighted by molar-refractivity contribution is 14.1. The van der Waals surface area contributed by atoms with Crippen LogP contribution in [0.1, 0.15) is 0 Å². The normalized spacial score (nSPS) is 14.5. The molecule has 1 aliphatic heterocycles. The molecule has 0 spiro atoms. The summed E-state index contributed by atoms with van der Waals surface area (Å²) in [6, 6.07) is 3.88. The Morgan fingerprint density at radius 1 is 1.25 bits per heavy atom. The summed E-state index contributed by atoms with van der Waals surface area (Å²) in [6.45, 7) is 1.28. The Morgan fingerprint density at radius 2 is 2.00 bits per heavy atom. The van der Waals surface area contributed by atoms with Crippen LogP contribution in [0.15, 0.2) is 16.6 Å². The van der Waals surface area contributed by atoms with E-state index in [0.717, 1.165) is 19.5 Å². The van der Waals surface area contributed by atoms with Crippen molar-refractivity contribution >= 4 is 38.5 Å². The van der Waals surface area contributed by atoms with E-state index in [-0.39, 0.29) is 0 Å². The maximum atomic E-state index is 5.47. The van der Waals surface area contributed by atoms with Crippen molar-refractivity contribution in [3.05, 3.63) is 20.2 Å². The highest BCUT2D eigenvalue weighted by atomic mass is 127. The molecule has 0 radical (unpaired) electrons. The van der Waals surface area contributed by atoms with E-state index in [9.17, 15) is 0 Å². The summed E-state index contributed by atoms with van der Waals surface area (Å²) in [7, 11) is 0. The zero-order valence-corrected chi connectivity index (χ0v) is 9.88. The van der Waals surface area contributed by atoms with Crippen LogP contribution >= 0.6 is 38.5 Å². The molecule has 0 unspecified atom stereocenters. The van der Waals surface area contributed by atoms with Crippen LogP contribution in [0, 0.1) is 3.57 Å². The van der Waals surface area contributed by atoms with Crippen LogP contribution in [-0.2, 0) is 0 Å². The van der Waals surface area contributed by atoms with Gasteiger partial charge in [0.15, 0.2) is 11.5 Å². The molecule has 0 fully saturated rings. The molecular weight excluding hydrogens is 335 g/mol. The van der Waals surface area contributed by atoms with Crippen LogP contribution in [0.2, 0.25) is 0 Å². The van der Waals surface area contributed by atoms with Gasteiger partial charge in [-0.1, -0.05) is 0 Å². The quantitative estimate of drug-likeness (QED) is 0.676. The zero-order chi connectivity index (χ0) is 8.55. The molecule has 1 heterocycles. The van der Waals surface area contributed by atoms with E-state index < -0.39 is 0 Å². The third-order valence-corrected chi connectivity index (χ3v) is 4.07. The summed E-state index contributed by atoms with van der Waals surface area (Å²) < 4.78 is 13.0. The first-order chi connectivity index (χ1) is 5.79. The number of rotatable bonds is 0. The second kappa shape index (κ2) is 3.41. The van der Waals surface area contributed by atoms with Gasteiger partial charge in [0.1, 0.15) is 13.2 Å². The fourth-order valence-corrected chi connectivity index (χ4v) is 1.97. The van der Waals surface area contributed by atoms with Gasteiger partial charge in [-0.3, -0.25) is 0 Å². The Hall–Kier alpha value is 0.0300. The monoisotopic (exact) mass is 340 g/mol. The van der Waals surface area contributed by atoms with Crippen LogP contribution in [0.3, 0.4) is 0 Å². The number of fused-ring (bicyclic) bond motifs is 1. The second-order valence-corrected chi connectivity index (χ2v) is 4.32. The van der Waals surface area contributed by atoms with Crippen molar-refractivity contribution in [2.45, 2.75) is 0 Å². The smallest absolute Gasteiger partial charge is 0.175 e. The first-order valence-corrected chi connectivity index (χ1v) is 5.40. The lowest BCUT2D eigenvalue weighted by Gasteiger charge is -2.19. The third-order valence-electron chi connectivity index (χ3n) is 1.60. The van der Waals surface area contributed by atoms with Crippen molar-refractivity contribution in [3.63, 3.8) is 0 Å². The zero-order valence-electron chi connectivity index (χ0n) is 6.14. The summed E-state index contributed by atoms with van der Waals surface area (Å²) in [5.74, 6) is 1.70. The topological polar surface area (TPSA) is 18.5 Å². The van der Waals surface area contributed by atoms with Crippen LogP contribution < -0.4 is 9.47 Å². The highest BCUT2D eigenvalue weighted by Crippen LogP contribution is 2.38. The molecule has 2 rings (SSSR count). The van der Waals surface area contributed by atoms with E-state index in [4.69, 9.17) is 9.47 Å². The molecule has 0 saturated carbocycles. The molecule has 1 aromatic carbocycles. The SMILES string of the molecule is Brc1ccc2c(c1I)OCCO2. The minimum atomic E-state index is 0.638. The lowest BCUT2D eigenvalue weighted by Crippen LogP contribution is -2.16. The Balaban J connectivity index is 2.54. The average molecular weight is 341 g/mol. The fourth-order valence-electron chi connectivity index (χ4n) is 1.06. The minimum Gasteiger partial charge on any atom is -0.486 e. The van der Waals surface area contributed by atoms with Crippen LogP contribution in [0.5, 0.6) is 11.5 Å². The average Bonchev–Trinajstić information content (AvgIpc) is 2.12. The summed E-state index contributed by atoms with van der Waals surface area (Å²) in [5, 5.41) is 0. The van der Waals surface area contributed by atoms with Gasteiger partial charge in [0.25, 0.3) is 0 Å². The molecular formula is C8H6BrIO2. The molecule has 2 nitrogen and oxygen atoms in total. The summed E-state index contributed by atoms with van der Waals surface area (Å²) in [5.41, 5.74) is 0. The van der Waals surface area contributed by atoms with Crippen molar-refractivity contribution in [1.82, 2.24) is 0 Å². The van der Waals surface area contributed by atoms with Crippen LogP contribution in [0.4, 0.5) is 0 Å². The molecule has 12 heavy (non-hydrogen) atoms. The van der Waals surface area contributed by atoms with Gasteiger partial charge in [-0.05, 0) is 50.7 Å². The predicted octanol–water partition coefficient (Wildman–Crippen LogP) is 2.82. The highest BCUT2D eigenvalue weighted by Gasteiger charge is 2.16. The number of hydrogen-bond donors (Lipinski definition) is 0. The summed E-state index contributed by atoms with van der Waals surface area (Å²) >= 11 is 5.67. The molecule has 1 aliphatic rings. The Kier molecular flexibility index (Phi) is 2.45. The minimum absolute atomic E-state index is 0.638. The Bertz CT molecular complexity index is 314. The first kappa shape index (κ1) is 8.62. The Morgan fingerprint density at radius 3 is 2.83 bits per heavy atom. The largest absolute Gasteiger partial charge is 0.486 e. The van der Waals surface area contributed by atoms with Gasteiger partial charge < -0.3 is 9.47 Å². The number of benzene rings is 1. The van der Waals surface area contributed by atoms with Crippen molar-refractivity contribution in [3.8, 4) is 11.5 Å². The van der Waals surface area contributed by atoms with Gasteiger partial charge >= 0.3 is 0 Å². The molecule has 64 valence electrons. The lowest BCUT2D eigenvalue weighted by molar-refractivity contribution is 0.170. The fraction of sp³-hybridized carbons (Fsp3) is 0.250. The molecule has 0 amide bonds. The van der Waals surface area contributed by atoms with Gasteiger partial charge in [0.05, 0.1) is 3.57 Å². The molecule has 0 aromatic heterocycles. The van der Waals surface area contributed by atoms with E-state index in [0.29, 0.717) is 13.2 Å². The van der Waals surface area contributed by atoms with Gasteiger partial charge in [0, 0.05) is 4.47 Å². The van der Waals surface area contributed by atoms with Gasteiger partial charge in [-0.2, -0.15) is 0 Å². The van der Waals surface area contributed by atoms with Crippen molar-refractivity contribution in [1.29, 1.82) is 0 Å². The van der Waals surface area contributed by atoms with E-state index in [2.05, 4.69) is 38.5 Å². The number of hydrogen-bond acceptors (Lipinski definition) is 2. The van der Waals surface area contributed by atoms with E-state index in [1.165, 1.54) is 0 Å². The number of halogens is 2. The lowest BCUT2D eigenvalue weighted by atomic mass is 10.3. The molecule has 0 aliphatic carbocycles. The maximum Gasteiger partial charge on any atom is 0.175 e.